The second-order valence-corrected chi connectivity index (χ2v) is 4.13. The van der Waals surface area contributed by atoms with E-state index in [1.54, 1.807) is 12.1 Å². The van der Waals surface area contributed by atoms with E-state index in [0.29, 0.717) is 16.7 Å². The van der Waals surface area contributed by atoms with Gasteiger partial charge < -0.3 is 10.5 Å². The minimum Gasteiger partial charge on any atom is -0.406 e. The van der Waals surface area contributed by atoms with E-state index >= 15 is 0 Å². The van der Waals surface area contributed by atoms with Gasteiger partial charge in [0.1, 0.15) is 11.6 Å². The van der Waals surface area contributed by atoms with Crippen LogP contribution in [0.15, 0.2) is 42.5 Å². The summed E-state index contributed by atoms with van der Waals surface area (Å²) in [5.41, 5.74) is 6.86. The minimum atomic E-state index is -4.76. The molecule has 0 bridgehead atoms. The van der Waals surface area contributed by atoms with E-state index in [2.05, 4.69) is 4.74 Å². The lowest BCUT2D eigenvalue weighted by Crippen LogP contribution is -2.17. The number of hydrogen-bond donors (Lipinski definition) is 1. The van der Waals surface area contributed by atoms with E-state index in [9.17, 15) is 17.6 Å². The molecule has 0 aliphatic rings. The van der Waals surface area contributed by atoms with E-state index in [1.807, 2.05) is 0 Å². The Balaban J connectivity index is 2.38. The zero-order valence-corrected chi connectivity index (χ0v) is 10.2. The van der Waals surface area contributed by atoms with E-state index in [0.717, 1.165) is 0 Å². The Hall–Kier alpha value is -2.08. The summed E-state index contributed by atoms with van der Waals surface area (Å²) in [5.74, 6) is -0.848. The van der Waals surface area contributed by atoms with Gasteiger partial charge in [0.15, 0.2) is 0 Å². The summed E-state index contributed by atoms with van der Waals surface area (Å²) in [5, 5.41) is 0. The molecular formula is C14H11F4NO. The van der Waals surface area contributed by atoms with Gasteiger partial charge in [0.05, 0.1) is 0 Å². The molecule has 0 aliphatic carbocycles. The van der Waals surface area contributed by atoms with Gasteiger partial charge in [0.2, 0.25) is 0 Å². The van der Waals surface area contributed by atoms with Crippen molar-refractivity contribution < 1.29 is 22.3 Å². The van der Waals surface area contributed by atoms with Gasteiger partial charge in [-0.1, -0.05) is 12.1 Å². The Morgan fingerprint density at radius 1 is 1.00 bits per heavy atom. The summed E-state index contributed by atoms with van der Waals surface area (Å²) in [6.45, 7) is 0.142. The van der Waals surface area contributed by atoms with Crippen molar-refractivity contribution in [1.29, 1.82) is 0 Å². The highest BCUT2D eigenvalue weighted by atomic mass is 19.4. The molecule has 2 rings (SSSR count). The number of halogens is 4. The Morgan fingerprint density at radius 2 is 1.75 bits per heavy atom. The highest BCUT2D eigenvalue weighted by molar-refractivity contribution is 5.66. The predicted molar refractivity (Wildman–Crippen MR) is 66.4 cm³/mol. The maximum absolute atomic E-state index is 13.4. The van der Waals surface area contributed by atoms with Crippen LogP contribution in [0.3, 0.4) is 0 Å². The molecule has 2 nitrogen and oxygen atoms in total. The van der Waals surface area contributed by atoms with Gasteiger partial charge in [-0.25, -0.2) is 4.39 Å². The fraction of sp³-hybridized carbons (Fsp3) is 0.143. The van der Waals surface area contributed by atoms with Crippen LogP contribution < -0.4 is 10.5 Å². The van der Waals surface area contributed by atoms with E-state index in [1.165, 1.54) is 30.3 Å². The molecule has 20 heavy (non-hydrogen) atoms. The second kappa shape index (κ2) is 5.50. The van der Waals surface area contributed by atoms with Crippen LogP contribution in [0.25, 0.3) is 11.1 Å². The van der Waals surface area contributed by atoms with E-state index in [4.69, 9.17) is 5.73 Å². The van der Waals surface area contributed by atoms with Crippen LogP contribution in [-0.2, 0) is 6.54 Å². The molecule has 0 fully saturated rings. The minimum absolute atomic E-state index is 0.142. The van der Waals surface area contributed by atoms with Crippen molar-refractivity contribution in [3.63, 3.8) is 0 Å². The topological polar surface area (TPSA) is 35.2 Å². The number of nitrogens with two attached hydrogens (primary N) is 1. The zero-order valence-electron chi connectivity index (χ0n) is 10.2. The Kier molecular flexibility index (Phi) is 3.94. The first kappa shape index (κ1) is 14.3. The Morgan fingerprint density at radius 3 is 2.40 bits per heavy atom. The standard InChI is InChI=1S/C14H11F4NO/c15-12-5-9(8-19)4-11(6-12)10-2-1-3-13(7-10)20-14(16,17)18/h1-7H,8,19H2. The van der Waals surface area contributed by atoms with Gasteiger partial charge in [0, 0.05) is 6.54 Å². The molecule has 0 unspecified atom stereocenters. The predicted octanol–water partition coefficient (Wildman–Crippen LogP) is 3.85. The molecule has 6 heteroatoms. The normalized spacial score (nSPS) is 11.4. The third-order valence-electron chi connectivity index (χ3n) is 2.59. The third-order valence-corrected chi connectivity index (χ3v) is 2.59. The van der Waals surface area contributed by atoms with Crippen LogP contribution in [0.1, 0.15) is 5.56 Å². The first-order chi connectivity index (χ1) is 9.37. The molecule has 0 saturated heterocycles. The highest BCUT2D eigenvalue weighted by Gasteiger charge is 2.31. The van der Waals surface area contributed by atoms with E-state index in [-0.39, 0.29) is 12.3 Å². The smallest absolute Gasteiger partial charge is 0.406 e. The SMILES string of the molecule is NCc1cc(F)cc(-c2cccc(OC(F)(F)F)c2)c1. The van der Waals surface area contributed by atoms with Crippen molar-refractivity contribution in [2.45, 2.75) is 12.9 Å². The van der Waals surface area contributed by atoms with Crippen LogP contribution in [0.4, 0.5) is 17.6 Å². The molecule has 106 valence electrons. The number of benzene rings is 2. The number of alkyl halides is 3. The molecule has 2 aromatic rings. The third kappa shape index (κ3) is 3.71. The van der Waals surface area contributed by atoms with Crippen LogP contribution >= 0.6 is 0 Å². The highest BCUT2D eigenvalue weighted by Crippen LogP contribution is 2.28. The van der Waals surface area contributed by atoms with Gasteiger partial charge in [-0.15, -0.1) is 13.2 Å². The zero-order chi connectivity index (χ0) is 14.8. The van der Waals surface area contributed by atoms with Crippen LogP contribution in [0.5, 0.6) is 5.75 Å². The first-order valence-corrected chi connectivity index (χ1v) is 5.73. The van der Waals surface area contributed by atoms with Crippen LogP contribution in [-0.4, -0.2) is 6.36 Å². The first-order valence-electron chi connectivity index (χ1n) is 5.73. The fourth-order valence-electron chi connectivity index (χ4n) is 1.81. The van der Waals surface area contributed by atoms with E-state index < -0.39 is 12.2 Å². The van der Waals surface area contributed by atoms with Crippen molar-refractivity contribution in [2.24, 2.45) is 5.73 Å². The molecule has 2 N–H and O–H groups in total. The lowest BCUT2D eigenvalue weighted by Gasteiger charge is -2.10. The van der Waals surface area contributed by atoms with Crippen LogP contribution in [0.2, 0.25) is 0 Å². The maximum atomic E-state index is 13.4. The average molecular weight is 285 g/mol. The van der Waals surface area contributed by atoms with Gasteiger partial charge in [0.25, 0.3) is 0 Å². The molecule has 0 amide bonds. The molecule has 0 aromatic heterocycles. The number of rotatable bonds is 3. The van der Waals surface area contributed by atoms with Crippen molar-refractivity contribution in [3.8, 4) is 16.9 Å². The van der Waals surface area contributed by atoms with Crippen molar-refractivity contribution in [2.75, 3.05) is 0 Å². The number of hydrogen-bond acceptors (Lipinski definition) is 2. The summed E-state index contributed by atoms with van der Waals surface area (Å²) >= 11 is 0. The lowest BCUT2D eigenvalue weighted by atomic mass is 10.0. The van der Waals surface area contributed by atoms with Crippen LogP contribution in [0, 0.1) is 5.82 Å². The summed E-state index contributed by atoms with van der Waals surface area (Å²) < 4.78 is 53.7. The molecule has 2 aromatic carbocycles. The summed E-state index contributed by atoms with van der Waals surface area (Å²) in [4.78, 5) is 0. The van der Waals surface area contributed by atoms with Gasteiger partial charge in [-0.2, -0.15) is 0 Å². The molecule has 0 atom stereocenters. The Bertz CT molecular complexity index is 610. The van der Waals surface area contributed by atoms with Crippen molar-refractivity contribution >= 4 is 0 Å². The van der Waals surface area contributed by atoms with Crippen molar-refractivity contribution in [1.82, 2.24) is 0 Å². The monoisotopic (exact) mass is 285 g/mol. The summed E-state index contributed by atoms with van der Waals surface area (Å²) in [7, 11) is 0. The molecule has 0 radical (unpaired) electrons. The lowest BCUT2D eigenvalue weighted by molar-refractivity contribution is -0.274. The molecular weight excluding hydrogens is 274 g/mol. The van der Waals surface area contributed by atoms with Gasteiger partial charge >= 0.3 is 6.36 Å². The molecule has 0 spiro atoms. The average Bonchev–Trinajstić information content (AvgIpc) is 2.36. The van der Waals surface area contributed by atoms with Gasteiger partial charge in [-0.3, -0.25) is 0 Å². The Labute approximate surface area is 112 Å². The largest absolute Gasteiger partial charge is 0.573 e. The van der Waals surface area contributed by atoms with Gasteiger partial charge in [-0.05, 0) is 47.0 Å². The van der Waals surface area contributed by atoms with Crippen molar-refractivity contribution in [3.05, 3.63) is 53.8 Å². The summed E-state index contributed by atoms with van der Waals surface area (Å²) in [6.07, 6.45) is -4.76. The number of ether oxygens (including phenoxy) is 1. The quantitative estimate of drug-likeness (QED) is 0.869. The molecule has 0 aliphatic heterocycles. The molecule has 0 saturated carbocycles. The second-order valence-electron chi connectivity index (χ2n) is 4.13. The summed E-state index contributed by atoms with van der Waals surface area (Å²) in [6, 6.07) is 9.48. The molecule has 0 heterocycles. The fourth-order valence-corrected chi connectivity index (χ4v) is 1.81. The maximum Gasteiger partial charge on any atom is 0.573 e.